The van der Waals surface area contributed by atoms with Crippen molar-refractivity contribution in [3.8, 4) is 0 Å². The fraction of sp³-hybridized carbons (Fsp3) is 0.667. The molecule has 7 heteroatoms. The van der Waals surface area contributed by atoms with Crippen LogP contribution < -0.4 is 0 Å². The molecule has 0 spiro atoms. The Hall–Kier alpha value is -1.27. The number of aliphatic carboxylic acids is 1. The summed E-state index contributed by atoms with van der Waals surface area (Å²) >= 11 is 0. The lowest BCUT2D eigenvalue weighted by atomic mass is 10.4. The third-order valence-corrected chi connectivity index (χ3v) is 1.22. The van der Waals surface area contributed by atoms with Crippen molar-refractivity contribution < 1.29 is 27.9 Å². The molecule has 0 aromatic heterocycles. The van der Waals surface area contributed by atoms with Crippen molar-refractivity contribution in [2.45, 2.75) is 13.1 Å². The lowest BCUT2D eigenvalue weighted by molar-refractivity contribution is -0.169. The van der Waals surface area contributed by atoms with E-state index in [1.807, 2.05) is 0 Å². The monoisotopic (exact) mass is 199 g/mol. The summed E-state index contributed by atoms with van der Waals surface area (Å²) in [5, 5.41) is 8.12. The molecule has 0 atom stereocenters. The molecule has 1 amide bonds. The maximum Gasteiger partial charge on any atom is 0.406 e. The molecule has 0 aromatic rings. The first-order chi connectivity index (χ1) is 5.78. The minimum Gasteiger partial charge on any atom is -0.474 e. The zero-order chi connectivity index (χ0) is 10.6. The normalized spacial score (nSPS) is 11.1. The molecule has 0 aromatic carbocycles. The van der Waals surface area contributed by atoms with Crippen LogP contribution in [0.5, 0.6) is 0 Å². The number of hydrogen-bond donors (Lipinski definition) is 1. The minimum absolute atomic E-state index is 0.211. The topological polar surface area (TPSA) is 57.6 Å². The SMILES string of the molecule is CCN(CC(F)(F)F)C(=O)C(=O)O. The summed E-state index contributed by atoms with van der Waals surface area (Å²) in [6.45, 7) is -0.550. The average Bonchev–Trinajstić information content (AvgIpc) is 1.97. The van der Waals surface area contributed by atoms with E-state index >= 15 is 0 Å². The Morgan fingerprint density at radius 3 is 2.08 bits per heavy atom. The highest BCUT2D eigenvalue weighted by Gasteiger charge is 2.34. The quantitative estimate of drug-likeness (QED) is 0.658. The molecule has 0 saturated heterocycles. The van der Waals surface area contributed by atoms with Gasteiger partial charge in [-0.2, -0.15) is 13.2 Å². The van der Waals surface area contributed by atoms with Crippen LogP contribution in [0.2, 0.25) is 0 Å². The second kappa shape index (κ2) is 4.11. The Balaban J connectivity index is 4.36. The molecule has 0 radical (unpaired) electrons. The fourth-order valence-electron chi connectivity index (χ4n) is 0.679. The number of carboxylic acids is 1. The van der Waals surface area contributed by atoms with E-state index in [9.17, 15) is 22.8 Å². The molecule has 0 rings (SSSR count). The summed E-state index contributed by atoms with van der Waals surface area (Å²) in [5.74, 6) is -3.43. The van der Waals surface area contributed by atoms with Gasteiger partial charge in [0, 0.05) is 6.54 Å². The Labute approximate surface area is 71.9 Å². The van der Waals surface area contributed by atoms with Crippen molar-refractivity contribution in [2.24, 2.45) is 0 Å². The number of hydrogen-bond acceptors (Lipinski definition) is 2. The maximum atomic E-state index is 11.7. The van der Waals surface area contributed by atoms with E-state index in [2.05, 4.69) is 0 Å². The maximum absolute atomic E-state index is 11.7. The van der Waals surface area contributed by atoms with Gasteiger partial charge in [0.15, 0.2) is 0 Å². The minimum atomic E-state index is -4.57. The fourth-order valence-corrected chi connectivity index (χ4v) is 0.679. The van der Waals surface area contributed by atoms with Crippen molar-refractivity contribution in [1.82, 2.24) is 4.90 Å². The number of rotatable bonds is 2. The second-order valence-electron chi connectivity index (χ2n) is 2.24. The zero-order valence-electron chi connectivity index (χ0n) is 6.76. The van der Waals surface area contributed by atoms with E-state index in [1.54, 1.807) is 0 Å². The summed E-state index contributed by atoms with van der Waals surface area (Å²) in [4.78, 5) is 20.8. The third-order valence-electron chi connectivity index (χ3n) is 1.22. The van der Waals surface area contributed by atoms with E-state index in [1.165, 1.54) is 6.92 Å². The molecule has 76 valence electrons. The summed E-state index contributed by atoms with van der Waals surface area (Å²) < 4.78 is 35.2. The standard InChI is InChI=1S/C6H8F3NO3/c1-2-10(3-6(7,8)9)4(11)5(12)13/h2-3H2,1H3,(H,12,13). The number of amides is 1. The van der Waals surface area contributed by atoms with Gasteiger partial charge in [-0.3, -0.25) is 4.79 Å². The van der Waals surface area contributed by atoms with Gasteiger partial charge in [0.2, 0.25) is 0 Å². The molecule has 4 nitrogen and oxygen atoms in total. The van der Waals surface area contributed by atoms with E-state index in [0.29, 0.717) is 0 Å². The molecule has 1 N–H and O–H groups in total. The Morgan fingerprint density at radius 2 is 1.85 bits per heavy atom. The molecule has 0 heterocycles. The van der Waals surface area contributed by atoms with Crippen LogP contribution in [0.4, 0.5) is 13.2 Å². The number of likely N-dealkylation sites (N-methyl/N-ethyl adjacent to an activating group) is 1. The van der Waals surface area contributed by atoms with Crippen molar-refractivity contribution >= 4 is 11.9 Å². The van der Waals surface area contributed by atoms with Gasteiger partial charge in [0.25, 0.3) is 0 Å². The van der Waals surface area contributed by atoms with Crippen LogP contribution in [0.25, 0.3) is 0 Å². The zero-order valence-corrected chi connectivity index (χ0v) is 6.76. The molecule has 0 aliphatic carbocycles. The van der Waals surface area contributed by atoms with Crippen LogP contribution in [0, 0.1) is 0 Å². The smallest absolute Gasteiger partial charge is 0.406 e. The highest BCUT2D eigenvalue weighted by Crippen LogP contribution is 2.16. The lowest BCUT2D eigenvalue weighted by Crippen LogP contribution is -2.42. The number of nitrogens with zero attached hydrogens (tertiary/aromatic N) is 1. The molecule has 0 unspecified atom stereocenters. The molecule has 0 aliphatic rings. The van der Waals surface area contributed by atoms with Crippen molar-refractivity contribution in [3.63, 3.8) is 0 Å². The van der Waals surface area contributed by atoms with Crippen LogP contribution in [-0.2, 0) is 9.59 Å². The van der Waals surface area contributed by atoms with Gasteiger partial charge in [-0.1, -0.05) is 0 Å². The molecule has 0 saturated carbocycles. The Kier molecular flexibility index (Phi) is 3.70. The van der Waals surface area contributed by atoms with Crippen LogP contribution in [-0.4, -0.2) is 41.1 Å². The van der Waals surface area contributed by atoms with E-state index in [4.69, 9.17) is 5.11 Å². The summed E-state index contributed by atoms with van der Waals surface area (Å²) in [6.07, 6.45) is -4.57. The van der Waals surface area contributed by atoms with E-state index in [0.717, 1.165) is 0 Å². The van der Waals surface area contributed by atoms with Crippen LogP contribution >= 0.6 is 0 Å². The molecule has 0 fully saturated rings. The average molecular weight is 199 g/mol. The van der Waals surface area contributed by atoms with Gasteiger partial charge >= 0.3 is 18.1 Å². The first-order valence-corrected chi connectivity index (χ1v) is 3.37. The van der Waals surface area contributed by atoms with Gasteiger partial charge in [-0.25, -0.2) is 4.79 Å². The van der Waals surface area contributed by atoms with E-state index < -0.39 is 24.6 Å². The summed E-state index contributed by atoms with van der Waals surface area (Å²) in [7, 11) is 0. The van der Waals surface area contributed by atoms with Crippen molar-refractivity contribution in [3.05, 3.63) is 0 Å². The van der Waals surface area contributed by atoms with Crippen molar-refractivity contribution in [2.75, 3.05) is 13.1 Å². The lowest BCUT2D eigenvalue weighted by Gasteiger charge is -2.19. The Morgan fingerprint density at radius 1 is 1.38 bits per heavy atom. The van der Waals surface area contributed by atoms with Crippen LogP contribution in [0.1, 0.15) is 6.92 Å². The first kappa shape index (κ1) is 11.7. The number of carbonyl (C=O) groups is 2. The molecule has 0 bridgehead atoms. The summed E-state index contributed by atoms with van der Waals surface area (Å²) in [5.41, 5.74) is 0. The second-order valence-corrected chi connectivity index (χ2v) is 2.24. The van der Waals surface area contributed by atoms with Crippen LogP contribution in [0.15, 0.2) is 0 Å². The van der Waals surface area contributed by atoms with Gasteiger partial charge in [-0.15, -0.1) is 0 Å². The predicted molar refractivity (Wildman–Crippen MR) is 35.9 cm³/mol. The van der Waals surface area contributed by atoms with Crippen molar-refractivity contribution in [1.29, 1.82) is 0 Å². The van der Waals surface area contributed by atoms with Crippen LogP contribution in [0.3, 0.4) is 0 Å². The van der Waals surface area contributed by atoms with Gasteiger partial charge < -0.3 is 10.0 Å². The first-order valence-electron chi connectivity index (χ1n) is 3.37. The largest absolute Gasteiger partial charge is 0.474 e. The molecule has 0 aliphatic heterocycles. The molecular formula is C6H8F3NO3. The number of alkyl halides is 3. The third kappa shape index (κ3) is 4.34. The molecular weight excluding hydrogens is 191 g/mol. The number of halogens is 3. The van der Waals surface area contributed by atoms with Gasteiger partial charge in [0.1, 0.15) is 6.54 Å². The highest BCUT2D eigenvalue weighted by molar-refractivity contribution is 6.31. The summed E-state index contributed by atoms with van der Waals surface area (Å²) in [6, 6.07) is 0. The molecule has 13 heavy (non-hydrogen) atoms. The highest BCUT2D eigenvalue weighted by atomic mass is 19.4. The number of carbonyl (C=O) groups excluding carboxylic acids is 1. The van der Waals surface area contributed by atoms with E-state index in [-0.39, 0.29) is 11.4 Å². The predicted octanol–water partition coefficient (Wildman–Crippen LogP) is 0.482. The van der Waals surface area contributed by atoms with Gasteiger partial charge in [0.05, 0.1) is 0 Å². The Bertz CT molecular complexity index is 214. The number of carboxylic acid groups (broad SMARTS) is 1. The van der Waals surface area contributed by atoms with Gasteiger partial charge in [-0.05, 0) is 6.92 Å².